The fourth-order valence-corrected chi connectivity index (χ4v) is 2.33. The number of nitrogens with one attached hydrogen (secondary N) is 2. The molecule has 4 nitrogen and oxygen atoms in total. The molecule has 0 heterocycles. The first-order valence-electron chi connectivity index (χ1n) is 9.03. The van der Waals surface area contributed by atoms with E-state index in [-0.39, 0.29) is 0 Å². The summed E-state index contributed by atoms with van der Waals surface area (Å²) in [5, 5.41) is 6.79. The number of ether oxygens (including phenoxy) is 2. The summed E-state index contributed by atoms with van der Waals surface area (Å²) in [6.07, 6.45) is 7.42. The minimum atomic E-state index is 0.820. The van der Waals surface area contributed by atoms with E-state index in [2.05, 4.69) is 29.7 Å². The zero-order chi connectivity index (χ0) is 16.6. The van der Waals surface area contributed by atoms with Gasteiger partial charge >= 0.3 is 0 Å². The molecule has 0 aliphatic rings. The van der Waals surface area contributed by atoms with Gasteiger partial charge in [-0.25, -0.2) is 0 Å². The second-order valence-corrected chi connectivity index (χ2v) is 5.81. The third-order valence-corrected chi connectivity index (χ3v) is 3.70. The van der Waals surface area contributed by atoms with Gasteiger partial charge in [0.15, 0.2) is 0 Å². The fraction of sp³-hybridized carbons (Fsp3) is 0.684. The minimum Gasteiger partial charge on any atom is -0.494 e. The zero-order valence-electron chi connectivity index (χ0n) is 14.9. The number of hydrogen-bond acceptors (Lipinski definition) is 4. The maximum atomic E-state index is 5.77. The van der Waals surface area contributed by atoms with E-state index in [1.807, 2.05) is 12.1 Å². The van der Waals surface area contributed by atoms with Crippen LogP contribution in [-0.4, -0.2) is 40.0 Å². The number of benzene rings is 1. The van der Waals surface area contributed by atoms with Crippen molar-refractivity contribution in [2.24, 2.45) is 0 Å². The second kappa shape index (κ2) is 14.3. The Morgan fingerprint density at radius 2 is 1.61 bits per heavy atom. The molecule has 1 rings (SSSR count). The molecular weight excluding hydrogens is 288 g/mol. The number of methoxy groups -OCH3 is 1. The number of anilines is 1. The molecule has 2 N–H and O–H groups in total. The smallest absolute Gasteiger partial charge is 0.119 e. The molecule has 0 bridgehead atoms. The summed E-state index contributed by atoms with van der Waals surface area (Å²) >= 11 is 0. The molecule has 132 valence electrons. The lowest BCUT2D eigenvalue weighted by Gasteiger charge is -2.09. The molecule has 0 atom stereocenters. The van der Waals surface area contributed by atoms with E-state index in [9.17, 15) is 0 Å². The molecule has 0 amide bonds. The molecule has 0 aliphatic heterocycles. The van der Waals surface area contributed by atoms with Gasteiger partial charge in [-0.05, 0) is 43.7 Å². The van der Waals surface area contributed by atoms with Crippen molar-refractivity contribution in [2.75, 3.05) is 45.3 Å². The highest BCUT2D eigenvalue weighted by Gasteiger charge is 1.96. The van der Waals surface area contributed by atoms with Gasteiger partial charge in [-0.1, -0.05) is 32.6 Å². The summed E-state index contributed by atoms with van der Waals surface area (Å²) in [4.78, 5) is 0. The molecule has 0 unspecified atom stereocenters. The van der Waals surface area contributed by atoms with E-state index in [1.165, 1.54) is 25.7 Å². The molecule has 0 fully saturated rings. The van der Waals surface area contributed by atoms with Gasteiger partial charge in [-0.15, -0.1) is 0 Å². The Balaban J connectivity index is 2.04. The predicted octanol–water partition coefficient (Wildman–Crippen LogP) is 4.07. The number of hydrogen-bond donors (Lipinski definition) is 2. The van der Waals surface area contributed by atoms with Crippen LogP contribution >= 0.6 is 0 Å². The van der Waals surface area contributed by atoms with Crippen LogP contribution in [0.5, 0.6) is 5.75 Å². The van der Waals surface area contributed by atoms with Crippen LogP contribution < -0.4 is 15.4 Å². The summed E-state index contributed by atoms with van der Waals surface area (Å²) < 4.78 is 10.8. The Kier molecular flexibility index (Phi) is 12.3. The van der Waals surface area contributed by atoms with Crippen molar-refractivity contribution in [2.45, 2.75) is 45.4 Å². The summed E-state index contributed by atoms with van der Waals surface area (Å²) in [7, 11) is 1.74. The van der Waals surface area contributed by atoms with Crippen molar-refractivity contribution in [1.82, 2.24) is 5.32 Å². The Labute approximate surface area is 142 Å². The largest absolute Gasteiger partial charge is 0.494 e. The summed E-state index contributed by atoms with van der Waals surface area (Å²) in [6.45, 7) is 6.76. The minimum absolute atomic E-state index is 0.820. The maximum Gasteiger partial charge on any atom is 0.119 e. The summed E-state index contributed by atoms with van der Waals surface area (Å²) in [6, 6.07) is 8.25. The summed E-state index contributed by atoms with van der Waals surface area (Å²) in [5.41, 5.74) is 1.14. The van der Waals surface area contributed by atoms with Gasteiger partial charge in [0, 0.05) is 32.5 Å². The van der Waals surface area contributed by atoms with Gasteiger partial charge in [0.1, 0.15) is 5.75 Å². The maximum absolute atomic E-state index is 5.77. The lowest BCUT2D eigenvalue weighted by molar-refractivity contribution is 0.194. The van der Waals surface area contributed by atoms with Crippen molar-refractivity contribution in [1.29, 1.82) is 0 Å². The number of unbranched alkanes of at least 4 members (excludes halogenated alkanes) is 4. The van der Waals surface area contributed by atoms with E-state index in [1.54, 1.807) is 7.11 Å². The van der Waals surface area contributed by atoms with Gasteiger partial charge in [0.2, 0.25) is 0 Å². The van der Waals surface area contributed by atoms with Crippen molar-refractivity contribution in [3.05, 3.63) is 24.3 Å². The zero-order valence-corrected chi connectivity index (χ0v) is 14.9. The summed E-state index contributed by atoms with van der Waals surface area (Å²) in [5.74, 6) is 0.962. The van der Waals surface area contributed by atoms with Crippen LogP contribution in [-0.2, 0) is 4.74 Å². The highest BCUT2D eigenvalue weighted by molar-refractivity contribution is 5.46. The van der Waals surface area contributed by atoms with Crippen LogP contribution in [0.1, 0.15) is 45.4 Å². The van der Waals surface area contributed by atoms with E-state index < -0.39 is 0 Å². The highest BCUT2D eigenvalue weighted by Crippen LogP contribution is 2.16. The van der Waals surface area contributed by atoms with E-state index in [0.717, 1.165) is 57.1 Å². The first-order chi connectivity index (χ1) is 11.4. The standard InChI is InChI=1S/C19H34N2O2/c1-3-4-5-6-7-17-23-19-11-9-18(10-12-19)21-15-14-20-13-8-16-22-2/h9-12,20-21H,3-8,13-17H2,1-2H3. The Bertz CT molecular complexity index is 368. The Morgan fingerprint density at radius 3 is 2.35 bits per heavy atom. The Morgan fingerprint density at radius 1 is 0.826 bits per heavy atom. The monoisotopic (exact) mass is 322 g/mol. The molecule has 0 saturated heterocycles. The van der Waals surface area contributed by atoms with Crippen LogP contribution in [0.2, 0.25) is 0 Å². The normalized spacial score (nSPS) is 10.7. The second-order valence-electron chi connectivity index (χ2n) is 5.81. The predicted molar refractivity (Wildman–Crippen MR) is 98.5 cm³/mol. The van der Waals surface area contributed by atoms with E-state index in [4.69, 9.17) is 9.47 Å². The van der Waals surface area contributed by atoms with Gasteiger partial charge in [0.25, 0.3) is 0 Å². The molecule has 0 spiro atoms. The van der Waals surface area contributed by atoms with Gasteiger partial charge in [-0.3, -0.25) is 0 Å². The van der Waals surface area contributed by atoms with Crippen molar-refractivity contribution < 1.29 is 9.47 Å². The molecule has 0 radical (unpaired) electrons. The third-order valence-electron chi connectivity index (χ3n) is 3.70. The molecule has 1 aromatic rings. The van der Waals surface area contributed by atoms with Crippen LogP contribution in [0.4, 0.5) is 5.69 Å². The quantitative estimate of drug-likeness (QED) is 0.478. The molecular formula is C19H34N2O2. The van der Waals surface area contributed by atoms with Crippen molar-refractivity contribution in [3.63, 3.8) is 0 Å². The van der Waals surface area contributed by atoms with Gasteiger partial charge in [0.05, 0.1) is 6.61 Å². The lowest BCUT2D eigenvalue weighted by atomic mass is 10.2. The van der Waals surface area contributed by atoms with Crippen LogP contribution in [0, 0.1) is 0 Å². The first kappa shape index (κ1) is 19.8. The highest BCUT2D eigenvalue weighted by atomic mass is 16.5. The lowest BCUT2D eigenvalue weighted by Crippen LogP contribution is -2.23. The van der Waals surface area contributed by atoms with E-state index in [0.29, 0.717) is 0 Å². The fourth-order valence-electron chi connectivity index (χ4n) is 2.33. The molecule has 0 aliphatic carbocycles. The van der Waals surface area contributed by atoms with Crippen LogP contribution in [0.25, 0.3) is 0 Å². The average Bonchev–Trinajstić information content (AvgIpc) is 2.58. The molecule has 1 aromatic carbocycles. The SMILES string of the molecule is CCCCCCCOc1ccc(NCCNCCCOC)cc1. The molecule has 23 heavy (non-hydrogen) atoms. The number of rotatable bonds is 15. The van der Waals surface area contributed by atoms with Crippen molar-refractivity contribution in [3.8, 4) is 5.75 Å². The van der Waals surface area contributed by atoms with Crippen molar-refractivity contribution >= 4 is 5.69 Å². The topological polar surface area (TPSA) is 42.5 Å². The Hall–Kier alpha value is -1.26. The van der Waals surface area contributed by atoms with Gasteiger partial charge in [-0.2, -0.15) is 0 Å². The first-order valence-corrected chi connectivity index (χ1v) is 9.03. The molecule has 4 heteroatoms. The molecule has 0 saturated carbocycles. The third kappa shape index (κ3) is 11.0. The van der Waals surface area contributed by atoms with Crippen LogP contribution in [0.15, 0.2) is 24.3 Å². The van der Waals surface area contributed by atoms with Crippen LogP contribution in [0.3, 0.4) is 0 Å². The molecule has 0 aromatic heterocycles. The van der Waals surface area contributed by atoms with E-state index >= 15 is 0 Å². The average molecular weight is 322 g/mol. The van der Waals surface area contributed by atoms with Gasteiger partial charge < -0.3 is 20.1 Å².